The summed E-state index contributed by atoms with van der Waals surface area (Å²) in [5, 5.41) is 12.5. The first-order valence-corrected chi connectivity index (χ1v) is 8.21. The maximum absolute atomic E-state index is 12.8. The highest BCUT2D eigenvalue weighted by molar-refractivity contribution is 7.99. The lowest BCUT2D eigenvalue weighted by Crippen LogP contribution is -2.52. The second kappa shape index (κ2) is 8.39. The molecule has 0 fully saturated rings. The second-order valence-corrected chi connectivity index (χ2v) is 6.86. The Morgan fingerprint density at radius 1 is 1.33 bits per heavy atom. The van der Waals surface area contributed by atoms with Crippen LogP contribution in [0.4, 0.5) is 4.39 Å². The standard InChI is InChI=1S/C16H24FNO2S/c1-12(2)18-16(3,15(19)20)10-4-5-11-21-14-8-6-13(17)7-9-14/h6-9,12,18H,4-5,10-11H2,1-3H3,(H,19,20). The summed E-state index contributed by atoms with van der Waals surface area (Å²) < 4.78 is 12.8. The number of hydrogen-bond donors (Lipinski definition) is 2. The quantitative estimate of drug-likeness (QED) is 0.536. The summed E-state index contributed by atoms with van der Waals surface area (Å²) in [7, 11) is 0. The number of rotatable bonds is 9. The first-order chi connectivity index (χ1) is 9.83. The summed E-state index contributed by atoms with van der Waals surface area (Å²) in [6, 6.07) is 6.58. The highest BCUT2D eigenvalue weighted by Crippen LogP contribution is 2.21. The van der Waals surface area contributed by atoms with Crippen LogP contribution >= 0.6 is 11.8 Å². The van der Waals surface area contributed by atoms with E-state index < -0.39 is 11.5 Å². The molecule has 5 heteroatoms. The summed E-state index contributed by atoms with van der Waals surface area (Å²) in [4.78, 5) is 12.4. The van der Waals surface area contributed by atoms with Crippen molar-refractivity contribution in [1.82, 2.24) is 5.32 Å². The zero-order valence-corrected chi connectivity index (χ0v) is 13.7. The Hall–Kier alpha value is -1.07. The lowest BCUT2D eigenvalue weighted by Gasteiger charge is -2.28. The molecule has 118 valence electrons. The van der Waals surface area contributed by atoms with E-state index in [-0.39, 0.29) is 11.9 Å². The average molecular weight is 313 g/mol. The predicted molar refractivity (Wildman–Crippen MR) is 85.3 cm³/mol. The molecule has 1 atom stereocenters. The molecule has 0 aliphatic carbocycles. The molecule has 0 saturated carbocycles. The number of carbonyl (C=O) groups is 1. The van der Waals surface area contributed by atoms with Gasteiger partial charge in [0.15, 0.2) is 0 Å². The van der Waals surface area contributed by atoms with Gasteiger partial charge >= 0.3 is 5.97 Å². The van der Waals surface area contributed by atoms with E-state index in [4.69, 9.17) is 0 Å². The van der Waals surface area contributed by atoms with E-state index in [1.165, 1.54) is 12.1 Å². The van der Waals surface area contributed by atoms with E-state index in [0.29, 0.717) is 6.42 Å². The van der Waals surface area contributed by atoms with Gasteiger partial charge in [-0.3, -0.25) is 10.1 Å². The van der Waals surface area contributed by atoms with E-state index >= 15 is 0 Å². The SMILES string of the molecule is CC(C)NC(C)(CCCCSc1ccc(F)cc1)C(=O)O. The molecule has 0 amide bonds. The lowest BCUT2D eigenvalue weighted by molar-refractivity contribution is -0.144. The number of hydrogen-bond acceptors (Lipinski definition) is 3. The van der Waals surface area contributed by atoms with Gasteiger partial charge in [0, 0.05) is 10.9 Å². The highest BCUT2D eigenvalue weighted by atomic mass is 32.2. The van der Waals surface area contributed by atoms with Crippen molar-refractivity contribution >= 4 is 17.7 Å². The van der Waals surface area contributed by atoms with Crippen LogP contribution in [0.15, 0.2) is 29.2 Å². The van der Waals surface area contributed by atoms with Gasteiger partial charge in [-0.1, -0.05) is 6.42 Å². The Kier molecular flexibility index (Phi) is 7.18. The fraction of sp³-hybridized carbons (Fsp3) is 0.562. The molecular formula is C16H24FNO2S. The van der Waals surface area contributed by atoms with Gasteiger partial charge < -0.3 is 5.11 Å². The Bertz CT molecular complexity index is 450. The Labute approximate surface area is 130 Å². The third kappa shape index (κ3) is 6.48. The fourth-order valence-electron chi connectivity index (χ4n) is 2.18. The molecule has 1 unspecified atom stereocenters. The monoisotopic (exact) mass is 313 g/mol. The first-order valence-electron chi connectivity index (χ1n) is 7.23. The summed E-state index contributed by atoms with van der Waals surface area (Å²) in [5.41, 5.74) is -0.866. The van der Waals surface area contributed by atoms with Gasteiger partial charge in [0.25, 0.3) is 0 Å². The van der Waals surface area contributed by atoms with Crippen LogP contribution in [0.1, 0.15) is 40.0 Å². The highest BCUT2D eigenvalue weighted by Gasteiger charge is 2.32. The normalized spacial score (nSPS) is 14.1. The average Bonchev–Trinajstić information content (AvgIpc) is 2.39. The summed E-state index contributed by atoms with van der Waals surface area (Å²) in [6.07, 6.45) is 2.38. The van der Waals surface area contributed by atoms with Crippen LogP contribution in [-0.4, -0.2) is 28.4 Å². The minimum absolute atomic E-state index is 0.139. The molecule has 0 bridgehead atoms. The maximum atomic E-state index is 12.8. The number of carboxylic acids is 1. The Balaban J connectivity index is 2.31. The largest absolute Gasteiger partial charge is 0.480 e. The zero-order chi connectivity index (χ0) is 15.9. The van der Waals surface area contributed by atoms with Gasteiger partial charge in [-0.25, -0.2) is 4.39 Å². The molecule has 0 radical (unpaired) electrons. The van der Waals surface area contributed by atoms with Crippen LogP contribution in [0, 0.1) is 5.82 Å². The smallest absolute Gasteiger partial charge is 0.323 e. The number of aliphatic carboxylic acids is 1. The molecular weight excluding hydrogens is 289 g/mol. The fourth-order valence-corrected chi connectivity index (χ4v) is 3.09. The van der Waals surface area contributed by atoms with Crippen LogP contribution in [0.2, 0.25) is 0 Å². The second-order valence-electron chi connectivity index (χ2n) is 5.70. The van der Waals surface area contributed by atoms with Crippen molar-refractivity contribution in [3.63, 3.8) is 0 Å². The van der Waals surface area contributed by atoms with Crippen LogP contribution in [0.5, 0.6) is 0 Å². The molecule has 2 N–H and O–H groups in total. The number of thioether (sulfide) groups is 1. The van der Waals surface area contributed by atoms with Crippen LogP contribution in [0.25, 0.3) is 0 Å². The molecule has 3 nitrogen and oxygen atoms in total. The van der Waals surface area contributed by atoms with Crippen molar-refractivity contribution in [2.75, 3.05) is 5.75 Å². The van der Waals surface area contributed by atoms with Gasteiger partial charge in [-0.15, -0.1) is 11.8 Å². The van der Waals surface area contributed by atoms with Crippen molar-refractivity contribution in [3.8, 4) is 0 Å². The molecule has 0 aromatic heterocycles. The third-order valence-electron chi connectivity index (χ3n) is 3.23. The third-order valence-corrected chi connectivity index (χ3v) is 4.33. The van der Waals surface area contributed by atoms with Crippen LogP contribution < -0.4 is 5.32 Å². The van der Waals surface area contributed by atoms with E-state index in [0.717, 1.165) is 23.5 Å². The number of nitrogens with one attached hydrogen (secondary N) is 1. The minimum atomic E-state index is -0.866. The van der Waals surface area contributed by atoms with E-state index in [1.807, 2.05) is 13.8 Å². The molecule has 0 heterocycles. The van der Waals surface area contributed by atoms with Gasteiger partial charge in [0.1, 0.15) is 11.4 Å². The first kappa shape index (κ1) is 18.0. The van der Waals surface area contributed by atoms with Crippen molar-refractivity contribution < 1.29 is 14.3 Å². The van der Waals surface area contributed by atoms with E-state index in [1.54, 1.807) is 30.8 Å². The molecule has 1 aromatic rings. The molecule has 0 aliphatic rings. The van der Waals surface area contributed by atoms with Gasteiger partial charge in [-0.2, -0.15) is 0 Å². The van der Waals surface area contributed by atoms with Gasteiger partial charge in [-0.05, 0) is 63.6 Å². The lowest BCUT2D eigenvalue weighted by atomic mass is 9.94. The molecule has 1 rings (SSSR count). The van der Waals surface area contributed by atoms with Crippen molar-refractivity contribution in [3.05, 3.63) is 30.1 Å². The van der Waals surface area contributed by atoms with Crippen LogP contribution in [-0.2, 0) is 4.79 Å². The number of benzene rings is 1. The van der Waals surface area contributed by atoms with E-state index in [2.05, 4.69) is 5.32 Å². The van der Waals surface area contributed by atoms with E-state index in [9.17, 15) is 14.3 Å². The molecule has 0 saturated heterocycles. The number of unbranched alkanes of at least 4 members (excludes halogenated alkanes) is 1. The van der Waals surface area contributed by atoms with Gasteiger partial charge in [0.2, 0.25) is 0 Å². The van der Waals surface area contributed by atoms with Crippen molar-refractivity contribution in [2.45, 2.75) is 56.5 Å². The van der Waals surface area contributed by atoms with Gasteiger partial charge in [0.05, 0.1) is 0 Å². The summed E-state index contributed by atoms with van der Waals surface area (Å²) in [6.45, 7) is 5.64. The van der Waals surface area contributed by atoms with Crippen LogP contribution in [0.3, 0.4) is 0 Å². The summed E-state index contributed by atoms with van der Waals surface area (Å²) in [5.74, 6) is -0.123. The minimum Gasteiger partial charge on any atom is -0.480 e. The zero-order valence-electron chi connectivity index (χ0n) is 12.9. The summed E-state index contributed by atoms with van der Waals surface area (Å²) >= 11 is 1.67. The van der Waals surface area contributed by atoms with Crippen molar-refractivity contribution in [2.24, 2.45) is 0 Å². The Morgan fingerprint density at radius 2 is 1.95 bits per heavy atom. The molecule has 0 spiro atoms. The molecule has 21 heavy (non-hydrogen) atoms. The molecule has 1 aromatic carbocycles. The Morgan fingerprint density at radius 3 is 2.48 bits per heavy atom. The number of halogens is 1. The predicted octanol–water partition coefficient (Wildman–Crippen LogP) is 3.93. The topological polar surface area (TPSA) is 49.3 Å². The number of carboxylic acid groups (broad SMARTS) is 1. The van der Waals surface area contributed by atoms with Crippen molar-refractivity contribution in [1.29, 1.82) is 0 Å². The molecule has 0 aliphatic heterocycles. The maximum Gasteiger partial charge on any atom is 0.323 e.